The summed E-state index contributed by atoms with van der Waals surface area (Å²) >= 11 is 5.68. The molecule has 1 aromatic carbocycles. The molecule has 0 unspecified atom stereocenters. The van der Waals surface area contributed by atoms with E-state index in [1.54, 1.807) is 18.2 Å². The fourth-order valence-electron chi connectivity index (χ4n) is 1.63. The second-order valence-corrected chi connectivity index (χ2v) is 6.15. The standard InChI is InChI=1S/C13H12ClN3O3S/c1-15-13(18)9-3-2-4-10(7-9)17-21(19,20)11-5-6-16-12(14)8-11/h2-8,17H,1H3,(H,15,18). The molecule has 110 valence electrons. The third kappa shape index (κ3) is 3.71. The van der Waals surface area contributed by atoms with Crippen LogP contribution in [-0.4, -0.2) is 26.4 Å². The number of anilines is 1. The maximum Gasteiger partial charge on any atom is 0.262 e. The number of sulfonamides is 1. The number of carbonyl (C=O) groups is 1. The number of nitrogens with one attached hydrogen (secondary N) is 2. The summed E-state index contributed by atoms with van der Waals surface area (Å²) in [6.07, 6.45) is 1.30. The Morgan fingerprint density at radius 2 is 2.00 bits per heavy atom. The van der Waals surface area contributed by atoms with Gasteiger partial charge in [0, 0.05) is 24.5 Å². The monoisotopic (exact) mass is 325 g/mol. The SMILES string of the molecule is CNC(=O)c1cccc(NS(=O)(=O)c2ccnc(Cl)c2)c1. The Morgan fingerprint density at radius 3 is 2.67 bits per heavy atom. The van der Waals surface area contributed by atoms with E-state index >= 15 is 0 Å². The molecule has 0 aliphatic heterocycles. The molecule has 2 rings (SSSR count). The zero-order valence-electron chi connectivity index (χ0n) is 11.0. The van der Waals surface area contributed by atoms with Gasteiger partial charge < -0.3 is 5.32 Å². The van der Waals surface area contributed by atoms with Gasteiger partial charge in [-0.1, -0.05) is 17.7 Å². The Hall–Kier alpha value is -2.12. The maximum atomic E-state index is 12.2. The molecule has 0 atom stereocenters. The molecule has 1 heterocycles. The van der Waals surface area contributed by atoms with E-state index in [9.17, 15) is 13.2 Å². The molecule has 0 fully saturated rings. The fraction of sp³-hybridized carbons (Fsp3) is 0.0769. The van der Waals surface area contributed by atoms with Gasteiger partial charge in [0.25, 0.3) is 15.9 Å². The van der Waals surface area contributed by atoms with Crippen molar-refractivity contribution in [3.8, 4) is 0 Å². The number of nitrogens with zero attached hydrogens (tertiary/aromatic N) is 1. The van der Waals surface area contributed by atoms with E-state index in [0.29, 0.717) is 5.56 Å². The van der Waals surface area contributed by atoms with Gasteiger partial charge in [-0.05, 0) is 30.3 Å². The molecule has 0 aliphatic carbocycles. The van der Waals surface area contributed by atoms with E-state index < -0.39 is 10.0 Å². The van der Waals surface area contributed by atoms with Crippen LogP contribution in [0.2, 0.25) is 5.15 Å². The minimum Gasteiger partial charge on any atom is -0.355 e. The van der Waals surface area contributed by atoms with Crippen molar-refractivity contribution < 1.29 is 13.2 Å². The molecule has 0 saturated heterocycles. The van der Waals surface area contributed by atoms with E-state index in [1.165, 1.54) is 31.4 Å². The van der Waals surface area contributed by atoms with Gasteiger partial charge in [0.2, 0.25) is 0 Å². The molecule has 1 amide bonds. The number of carbonyl (C=O) groups excluding carboxylic acids is 1. The molecule has 0 radical (unpaired) electrons. The van der Waals surface area contributed by atoms with Crippen molar-refractivity contribution in [2.24, 2.45) is 0 Å². The van der Waals surface area contributed by atoms with Gasteiger partial charge >= 0.3 is 0 Å². The van der Waals surface area contributed by atoms with Crippen LogP contribution in [0.3, 0.4) is 0 Å². The molecule has 21 heavy (non-hydrogen) atoms. The van der Waals surface area contributed by atoms with Gasteiger partial charge in [-0.25, -0.2) is 13.4 Å². The summed E-state index contributed by atoms with van der Waals surface area (Å²) in [4.78, 5) is 15.3. The van der Waals surface area contributed by atoms with Crippen molar-refractivity contribution in [1.29, 1.82) is 0 Å². The number of pyridine rings is 1. The number of hydrogen-bond donors (Lipinski definition) is 2. The molecule has 6 nitrogen and oxygen atoms in total. The summed E-state index contributed by atoms with van der Waals surface area (Å²) in [5.41, 5.74) is 0.634. The second-order valence-electron chi connectivity index (χ2n) is 4.08. The highest BCUT2D eigenvalue weighted by atomic mass is 35.5. The van der Waals surface area contributed by atoms with Crippen LogP contribution < -0.4 is 10.0 Å². The van der Waals surface area contributed by atoms with Crippen molar-refractivity contribution in [2.45, 2.75) is 4.90 Å². The lowest BCUT2D eigenvalue weighted by molar-refractivity contribution is 0.0963. The van der Waals surface area contributed by atoms with E-state index in [-0.39, 0.29) is 21.6 Å². The number of rotatable bonds is 4. The van der Waals surface area contributed by atoms with Crippen LogP contribution in [0.5, 0.6) is 0 Å². The van der Waals surface area contributed by atoms with Crippen molar-refractivity contribution in [3.63, 3.8) is 0 Å². The highest BCUT2D eigenvalue weighted by Gasteiger charge is 2.15. The first-order valence-corrected chi connectivity index (χ1v) is 7.75. The molecule has 2 N–H and O–H groups in total. The van der Waals surface area contributed by atoms with Crippen molar-refractivity contribution >= 4 is 33.2 Å². The molecule has 0 bridgehead atoms. The summed E-state index contributed by atoms with van der Waals surface area (Å²) in [6, 6.07) is 8.73. The summed E-state index contributed by atoms with van der Waals surface area (Å²) < 4.78 is 26.8. The Morgan fingerprint density at radius 1 is 1.24 bits per heavy atom. The number of amides is 1. The van der Waals surface area contributed by atoms with Gasteiger partial charge in [0.15, 0.2) is 0 Å². The molecule has 0 spiro atoms. The molecule has 1 aromatic heterocycles. The highest BCUT2D eigenvalue weighted by Crippen LogP contribution is 2.18. The van der Waals surface area contributed by atoms with Gasteiger partial charge in [0.05, 0.1) is 4.90 Å². The van der Waals surface area contributed by atoms with Crippen molar-refractivity contribution in [1.82, 2.24) is 10.3 Å². The highest BCUT2D eigenvalue weighted by molar-refractivity contribution is 7.92. The summed E-state index contributed by atoms with van der Waals surface area (Å²) in [7, 11) is -2.29. The van der Waals surface area contributed by atoms with E-state index in [4.69, 9.17) is 11.6 Å². The third-order valence-corrected chi connectivity index (χ3v) is 4.20. The van der Waals surface area contributed by atoms with Crippen LogP contribution in [0.15, 0.2) is 47.5 Å². The number of hydrogen-bond acceptors (Lipinski definition) is 4. The Bertz CT molecular complexity index is 778. The first-order chi connectivity index (χ1) is 9.92. The summed E-state index contributed by atoms with van der Waals surface area (Å²) in [5.74, 6) is -0.303. The zero-order chi connectivity index (χ0) is 15.5. The first-order valence-electron chi connectivity index (χ1n) is 5.89. The van der Waals surface area contributed by atoms with Crippen molar-refractivity contribution in [3.05, 3.63) is 53.3 Å². The van der Waals surface area contributed by atoms with Crippen LogP contribution in [0.4, 0.5) is 5.69 Å². The largest absolute Gasteiger partial charge is 0.355 e. The Labute approximate surface area is 127 Å². The minimum absolute atomic E-state index is 0.00662. The number of benzene rings is 1. The predicted molar refractivity (Wildman–Crippen MR) is 79.9 cm³/mol. The zero-order valence-corrected chi connectivity index (χ0v) is 12.6. The van der Waals surface area contributed by atoms with Crippen molar-refractivity contribution in [2.75, 3.05) is 11.8 Å². The molecule has 0 saturated carbocycles. The van der Waals surface area contributed by atoms with E-state index in [2.05, 4.69) is 15.0 Å². The van der Waals surface area contributed by atoms with Crippen LogP contribution in [0.1, 0.15) is 10.4 Å². The van der Waals surface area contributed by atoms with E-state index in [1.807, 2.05) is 0 Å². The fourth-order valence-corrected chi connectivity index (χ4v) is 2.93. The molecular formula is C13H12ClN3O3S. The quantitative estimate of drug-likeness (QED) is 0.840. The topological polar surface area (TPSA) is 88.2 Å². The lowest BCUT2D eigenvalue weighted by atomic mass is 10.2. The number of halogens is 1. The average molecular weight is 326 g/mol. The third-order valence-electron chi connectivity index (χ3n) is 2.61. The van der Waals surface area contributed by atoms with Crippen LogP contribution in [-0.2, 0) is 10.0 Å². The van der Waals surface area contributed by atoms with Crippen LogP contribution in [0.25, 0.3) is 0 Å². The van der Waals surface area contributed by atoms with Gasteiger partial charge in [-0.3, -0.25) is 9.52 Å². The van der Waals surface area contributed by atoms with Gasteiger partial charge in [-0.2, -0.15) is 0 Å². The normalized spacial score (nSPS) is 11.0. The van der Waals surface area contributed by atoms with Crippen LogP contribution >= 0.6 is 11.6 Å². The van der Waals surface area contributed by atoms with Gasteiger partial charge in [-0.15, -0.1) is 0 Å². The maximum absolute atomic E-state index is 12.2. The summed E-state index contributed by atoms with van der Waals surface area (Å²) in [5, 5.41) is 2.55. The Balaban J connectivity index is 2.31. The lowest BCUT2D eigenvalue weighted by Crippen LogP contribution is -2.18. The predicted octanol–water partition coefficient (Wildman–Crippen LogP) is 1.90. The molecule has 0 aliphatic rings. The molecule has 2 aromatic rings. The minimum atomic E-state index is -3.79. The Kier molecular flexibility index (Phi) is 4.44. The lowest BCUT2D eigenvalue weighted by Gasteiger charge is -2.09. The smallest absolute Gasteiger partial charge is 0.262 e. The molecular weight excluding hydrogens is 314 g/mol. The second kappa shape index (κ2) is 6.11. The van der Waals surface area contributed by atoms with Crippen LogP contribution in [0, 0.1) is 0 Å². The van der Waals surface area contributed by atoms with Gasteiger partial charge in [0.1, 0.15) is 5.15 Å². The average Bonchev–Trinajstić information content (AvgIpc) is 2.46. The molecule has 8 heteroatoms. The summed E-state index contributed by atoms with van der Waals surface area (Å²) in [6.45, 7) is 0. The van der Waals surface area contributed by atoms with E-state index in [0.717, 1.165) is 0 Å². The first kappa shape index (κ1) is 15.3. The number of aromatic nitrogens is 1.